The number of hydrogen-bond donors (Lipinski definition) is 3. The number of rotatable bonds is 7. The number of aliphatic carboxylic acids is 1. The third-order valence-corrected chi connectivity index (χ3v) is 3.37. The van der Waals surface area contributed by atoms with Gasteiger partial charge in [0, 0.05) is 12.5 Å². The van der Waals surface area contributed by atoms with Crippen molar-refractivity contribution in [3.8, 4) is 11.5 Å². The van der Waals surface area contributed by atoms with Gasteiger partial charge in [0.05, 0.1) is 6.04 Å². The van der Waals surface area contributed by atoms with Crippen LogP contribution in [0.15, 0.2) is 18.2 Å². The molecule has 1 amide bonds. The van der Waals surface area contributed by atoms with Gasteiger partial charge in [-0.05, 0) is 37.5 Å². The van der Waals surface area contributed by atoms with Crippen molar-refractivity contribution < 1.29 is 24.2 Å². The maximum Gasteiger partial charge on any atom is 0.303 e. The topological polar surface area (TPSA) is 111 Å². The first-order chi connectivity index (χ1) is 10.5. The Hall–Kier alpha value is -2.28. The lowest BCUT2D eigenvalue weighted by Gasteiger charge is -2.17. The van der Waals surface area contributed by atoms with Gasteiger partial charge in [-0.3, -0.25) is 9.59 Å². The zero-order valence-corrected chi connectivity index (χ0v) is 12.4. The van der Waals surface area contributed by atoms with Crippen LogP contribution in [0.1, 0.15) is 25.3 Å². The number of carbonyl (C=O) groups excluding carboxylic acids is 1. The van der Waals surface area contributed by atoms with E-state index in [-0.39, 0.29) is 31.6 Å². The van der Waals surface area contributed by atoms with Crippen molar-refractivity contribution in [2.75, 3.05) is 6.79 Å². The summed E-state index contributed by atoms with van der Waals surface area (Å²) < 4.78 is 10.6. The van der Waals surface area contributed by atoms with Crippen molar-refractivity contribution in [1.82, 2.24) is 5.32 Å². The Morgan fingerprint density at radius 2 is 2.09 bits per heavy atom. The van der Waals surface area contributed by atoms with Gasteiger partial charge in [-0.25, -0.2) is 0 Å². The highest BCUT2D eigenvalue weighted by atomic mass is 16.7. The van der Waals surface area contributed by atoms with Crippen LogP contribution in [0, 0.1) is 0 Å². The van der Waals surface area contributed by atoms with E-state index in [2.05, 4.69) is 5.32 Å². The summed E-state index contributed by atoms with van der Waals surface area (Å²) in [7, 11) is 0. The minimum Gasteiger partial charge on any atom is -0.481 e. The Bertz CT molecular complexity index is 561. The fourth-order valence-electron chi connectivity index (χ4n) is 2.23. The fourth-order valence-corrected chi connectivity index (χ4v) is 2.23. The second kappa shape index (κ2) is 7.13. The lowest BCUT2D eigenvalue weighted by Crippen LogP contribution is -2.45. The summed E-state index contributed by atoms with van der Waals surface area (Å²) in [6.07, 6.45) is 0.622. The Balaban J connectivity index is 1.83. The summed E-state index contributed by atoms with van der Waals surface area (Å²) in [5.74, 6) is 0.122. The van der Waals surface area contributed by atoms with E-state index in [1.54, 1.807) is 0 Å². The quantitative estimate of drug-likeness (QED) is 0.682. The van der Waals surface area contributed by atoms with E-state index in [0.29, 0.717) is 12.2 Å². The van der Waals surface area contributed by atoms with Crippen molar-refractivity contribution in [1.29, 1.82) is 0 Å². The largest absolute Gasteiger partial charge is 0.481 e. The predicted molar refractivity (Wildman–Crippen MR) is 78.7 cm³/mol. The average molecular weight is 308 g/mol. The number of nitrogens with two attached hydrogens (primary N) is 1. The van der Waals surface area contributed by atoms with E-state index in [9.17, 15) is 9.59 Å². The first kappa shape index (κ1) is 16.1. The molecule has 0 fully saturated rings. The molecule has 1 aliphatic rings. The molecular formula is C15H20N2O5. The molecule has 1 aromatic rings. The molecule has 120 valence electrons. The summed E-state index contributed by atoms with van der Waals surface area (Å²) in [5.41, 5.74) is 6.68. The zero-order chi connectivity index (χ0) is 16.1. The van der Waals surface area contributed by atoms with E-state index >= 15 is 0 Å². The van der Waals surface area contributed by atoms with Gasteiger partial charge in [0.1, 0.15) is 0 Å². The summed E-state index contributed by atoms with van der Waals surface area (Å²) >= 11 is 0. The minimum atomic E-state index is -0.961. The van der Waals surface area contributed by atoms with Crippen LogP contribution in [-0.2, 0) is 16.0 Å². The van der Waals surface area contributed by atoms with Crippen molar-refractivity contribution >= 4 is 11.9 Å². The number of fused-ring (bicyclic) bond motifs is 1. The monoisotopic (exact) mass is 308 g/mol. The lowest BCUT2D eigenvalue weighted by molar-refractivity contribution is -0.137. The molecule has 4 N–H and O–H groups in total. The smallest absolute Gasteiger partial charge is 0.303 e. The maximum atomic E-state index is 11.9. The van der Waals surface area contributed by atoms with Crippen molar-refractivity contribution in [2.24, 2.45) is 5.73 Å². The average Bonchev–Trinajstić information content (AvgIpc) is 2.91. The molecule has 2 rings (SSSR count). The van der Waals surface area contributed by atoms with E-state index in [4.69, 9.17) is 20.3 Å². The molecular weight excluding hydrogens is 288 g/mol. The normalized spacial score (nSPS) is 15.2. The molecule has 2 atom stereocenters. The van der Waals surface area contributed by atoms with Crippen molar-refractivity contribution in [3.05, 3.63) is 23.8 Å². The molecule has 0 saturated heterocycles. The Morgan fingerprint density at radius 3 is 2.82 bits per heavy atom. The minimum absolute atomic E-state index is 0.120. The second-order valence-corrected chi connectivity index (χ2v) is 5.34. The zero-order valence-electron chi connectivity index (χ0n) is 12.4. The number of nitrogens with one attached hydrogen (secondary N) is 1. The molecule has 0 bridgehead atoms. The highest BCUT2D eigenvalue weighted by Gasteiger charge is 2.18. The van der Waals surface area contributed by atoms with Gasteiger partial charge in [0.25, 0.3) is 0 Å². The molecule has 0 radical (unpaired) electrons. The molecule has 1 aliphatic heterocycles. The lowest BCUT2D eigenvalue weighted by atomic mass is 10.1. The van der Waals surface area contributed by atoms with Crippen LogP contribution < -0.4 is 20.5 Å². The SMILES string of the molecule is CC(Cc1ccc2c(c1)OCO2)NC(=O)C(N)CCC(=O)O. The van der Waals surface area contributed by atoms with Crippen molar-refractivity contribution in [2.45, 2.75) is 38.3 Å². The fraction of sp³-hybridized carbons (Fsp3) is 0.467. The molecule has 7 nitrogen and oxygen atoms in total. The molecule has 0 saturated carbocycles. The number of benzene rings is 1. The number of carboxylic acids is 1. The third-order valence-electron chi connectivity index (χ3n) is 3.37. The molecule has 0 aliphatic carbocycles. The molecule has 1 aromatic carbocycles. The second-order valence-electron chi connectivity index (χ2n) is 5.34. The van der Waals surface area contributed by atoms with Gasteiger partial charge in [-0.2, -0.15) is 0 Å². The van der Waals surface area contributed by atoms with Gasteiger partial charge in [-0.1, -0.05) is 6.07 Å². The van der Waals surface area contributed by atoms with Crippen LogP contribution in [0.2, 0.25) is 0 Å². The maximum absolute atomic E-state index is 11.9. The van der Waals surface area contributed by atoms with Gasteiger partial charge in [0.2, 0.25) is 12.7 Å². The van der Waals surface area contributed by atoms with E-state index in [1.165, 1.54) is 0 Å². The van der Waals surface area contributed by atoms with Crippen LogP contribution in [0.3, 0.4) is 0 Å². The van der Waals surface area contributed by atoms with Gasteiger partial charge in [-0.15, -0.1) is 0 Å². The first-order valence-corrected chi connectivity index (χ1v) is 7.12. The molecule has 0 aromatic heterocycles. The third kappa shape index (κ3) is 4.36. The summed E-state index contributed by atoms with van der Waals surface area (Å²) in [6, 6.07) is 4.71. The molecule has 0 spiro atoms. The Labute approximate surface area is 128 Å². The number of ether oxygens (including phenoxy) is 2. The van der Waals surface area contributed by atoms with Crippen LogP contribution in [-0.4, -0.2) is 35.9 Å². The molecule has 22 heavy (non-hydrogen) atoms. The number of hydrogen-bond acceptors (Lipinski definition) is 5. The molecule has 7 heteroatoms. The summed E-state index contributed by atoms with van der Waals surface area (Å²) in [6.45, 7) is 2.09. The van der Waals surface area contributed by atoms with E-state index in [1.807, 2.05) is 25.1 Å². The van der Waals surface area contributed by atoms with Crippen LogP contribution >= 0.6 is 0 Å². The first-order valence-electron chi connectivity index (χ1n) is 7.12. The highest BCUT2D eigenvalue weighted by molar-refractivity contribution is 5.82. The molecule has 1 heterocycles. The number of carbonyl (C=O) groups is 2. The number of amides is 1. The predicted octanol–water partition coefficient (Wildman–Crippen LogP) is 0.655. The van der Waals surface area contributed by atoms with Gasteiger partial charge < -0.3 is 25.6 Å². The van der Waals surface area contributed by atoms with E-state index < -0.39 is 12.0 Å². The number of carboxylic acid groups (broad SMARTS) is 1. The van der Waals surface area contributed by atoms with E-state index in [0.717, 1.165) is 11.3 Å². The van der Waals surface area contributed by atoms with Crippen LogP contribution in [0.4, 0.5) is 0 Å². The molecule has 2 unspecified atom stereocenters. The van der Waals surface area contributed by atoms with Crippen LogP contribution in [0.5, 0.6) is 11.5 Å². The highest BCUT2D eigenvalue weighted by Crippen LogP contribution is 2.32. The van der Waals surface area contributed by atoms with Crippen LogP contribution in [0.25, 0.3) is 0 Å². The summed E-state index contributed by atoms with van der Waals surface area (Å²) in [5, 5.41) is 11.4. The van der Waals surface area contributed by atoms with Crippen molar-refractivity contribution in [3.63, 3.8) is 0 Å². The Kier molecular flexibility index (Phi) is 5.21. The van der Waals surface area contributed by atoms with Gasteiger partial charge in [0.15, 0.2) is 11.5 Å². The standard InChI is InChI=1S/C15H20N2O5/c1-9(17-15(20)11(16)3-5-14(18)19)6-10-2-4-12-13(7-10)22-8-21-12/h2,4,7,9,11H,3,5-6,8,16H2,1H3,(H,17,20)(H,18,19). The van der Waals surface area contributed by atoms with Gasteiger partial charge >= 0.3 is 5.97 Å². The summed E-state index contributed by atoms with van der Waals surface area (Å²) in [4.78, 5) is 22.3. The Morgan fingerprint density at radius 1 is 1.36 bits per heavy atom.